The highest BCUT2D eigenvalue weighted by molar-refractivity contribution is 7.18. The van der Waals surface area contributed by atoms with Crippen LogP contribution in [0.3, 0.4) is 0 Å². The number of fused-ring (bicyclic) bond motifs is 3. The number of aryl methyl sites for hydroxylation is 2. The summed E-state index contributed by atoms with van der Waals surface area (Å²) < 4.78 is 1.24. The Morgan fingerprint density at radius 3 is 2.97 bits per heavy atom. The van der Waals surface area contributed by atoms with Gasteiger partial charge in [-0.3, -0.25) is 24.3 Å². The van der Waals surface area contributed by atoms with Crippen molar-refractivity contribution < 1.29 is 14.8 Å². The molecule has 3 aromatic rings. The molecule has 1 N–H and O–H groups in total. The highest BCUT2D eigenvalue weighted by Gasteiger charge is 2.20. The summed E-state index contributed by atoms with van der Waals surface area (Å²) in [5.74, 6) is -1.26. The van der Waals surface area contributed by atoms with Crippen LogP contribution in [0.25, 0.3) is 10.2 Å². The van der Waals surface area contributed by atoms with E-state index in [1.54, 1.807) is 0 Å². The zero-order valence-electron chi connectivity index (χ0n) is 15.7. The van der Waals surface area contributed by atoms with Crippen LogP contribution in [0.15, 0.2) is 34.4 Å². The standard InChI is InChI=1S/C19H17N5O5S/c25-14-6-5-11(7-13(14)24(28)29)8-21-22-16(26)9-23-10-20-18-17(19(23)27)12-3-1-2-4-15(12)30-18/h5-8,10,25H,1-4,9H2,(H,22,26)/p-1/b21-8-. The third-order valence-electron chi connectivity index (χ3n) is 4.84. The van der Waals surface area contributed by atoms with Gasteiger partial charge < -0.3 is 5.11 Å². The zero-order valence-corrected chi connectivity index (χ0v) is 16.5. The van der Waals surface area contributed by atoms with Crippen molar-refractivity contribution in [3.63, 3.8) is 0 Å². The molecular weight excluding hydrogens is 410 g/mol. The summed E-state index contributed by atoms with van der Waals surface area (Å²) in [6.45, 7) is -0.261. The summed E-state index contributed by atoms with van der Waals surface area (Å²) in [5.41, 5.74) is 2.78. The molecule has 0 aliphatic heterocycles. The Bertz CT molecular complexity index is 1250. The van der Waals surface area contributed by atoms with Gasteiger partial charge in [-0.1, -0.05) is 12.1 Å². The predicted octanol–water partition coefficient (Wildman–Crippen LogP) is 1.47. The highest BCUT2D eigenvalue weighted by atomic mass is 32.1. The molecule has 0 unspecified atom stereocenters. The van der Waals surface area contributed by atoms with Crippen LogP contribution in [0.2, 0.25) is 0 Å². The van der Waals surface area contributed by atoms with Gasteiger partial charge in [-0.2, -0.15) is 5.10 Å². The Morgan fingerprint density at radius 1 is 1.37 bits per heavy atom. The Kier molecular flexibility index (Phi) is 5.27. The molecule has 0 saturated carbocycles. The first-order chi connectivity index (χ1) is 14.4. The van der Waals surface area contributed by atoms with Crippen molar-refractivity contribution in [2.24, 2.45) is 5.10 Å². The van der Waals surface area contributed by atoms with Gasteiger partial charge in [-0.05, 0) is 37.0 Å². The number of nitrogens with zero attached hydrogens (tertiary/aromatic N) is 4. The molecule has 1 amide bonds. The maximum absolute atomic E-state index is 12.8. The van der Waals surface area contributed by atoms with Crippen molar-refractivity contribution in [3.05, 3.63) is 61.0 Å². The lowest BCUT2D eigenvalue weighted by Crippen LogP contribution is -2.30. The number of nitro benzene ring substituents is 1. The lowest BCUT2D eigenvalue weighted by atomic mass is 9.97. The quantitative estimate of drug-likeness (QED) is 0.372. The fraction of sp³-hybridized carbons (Fsp3) is 0.263. The molecule has 1 aliphatic carbocycles. The molecule has 0 saturated heterocycles. The van der Waals surface area contributed by atoms with Crippen LogP contribution in [0.1, 0.15) is 28.8 Å². The number of carbonyl (C=O) groups is 1. The summed E-state index contributed by atoms with van der Waals surface area (Å²) in [7, 11) is 0. The SMILES string of the molecule is O=C(Cn1cnc2sc3c(c2c1=O)CCCC3)N/N=C\c1ccc([O-])c([N+](=O)[O-])c1. The summed E-state index contributed by atoms with van der Waals surface area (Å²) >= 11 is 1.54. The largest absolute Gasteiger partial charge is 0.868 e. The van der Waals surface area contributed by atoms with Crippen LogP contribution in [0.4, 0.5) is 5.69 Å². The van der Waals surface area contributed by atoms with Crippen LogP contribution in [-0.2, 0) is 24.2 Å². The third-order valence-corrected chi connectivity index (χ3v) is 6.04. The summed E-state index contributed by atoms with van der Waals surface area (Å²) in [6.07, 6.45) is 6.48. The van der Waals surface area contributed by atoms with Crippen LogP contribution in [0, 0.1) is 10.1 Å². The first kappa shape index (κ1) is 19.7. The van der Waals surface area contributed by atoms with Crippen molar-refractivity contribution in [1.82, 2.24) is 15.0 Å². The first-order valence-electron chi connectivity index (χ1n) is 9.21. The topological polar surface area (TPSA) is 143 Å². The van der Waals surface area contributed by atoms with E-state index in [1.807, 2.05) is 0 Å². The Labute approximate surface area is 173 Å². The second kappa shape index (κ2) is 8.03. The van der Waals surface area contributed by atoms with E-state index in [4.69, 9.17) is 0 Å². The number of rotatable bonds is 5. The number of aromatic nitrogens is 2. The third kappa shape index (κ3) is 3.79. The number of nitrogens with one attached hydrogen (secondary N) is 1. The van der Waals surface area contributed by atoms with E-state index in [0.717, 1.165) is 43.4 Å². The number of hydrogen-bond acceptors (Lipinski definition) is 8. The van der Waals surface area contributed by atoms with Crippen LogP contribution >= 0.6 is 11.3 Å². The van der Waals surface area contributed by atoms with Gasteiger partial charge in [-0.15, -0.1) is 11.3 Å². The predicted molar refractivity (Wildman–Crippen MR) is 109 cm³/mol. The highest BCUT2D eigenvalue weighted by Crippen LogP contribution is 2.33. The van der Waals surface area contributed by atoms with E-state index in [0.29, 0.717) is 10.2 Å². The molecule has 154 valence electrons. The van der Waals surface area contributed by atoms with E-state index >= 15 is 0 Å². The maximum atomic E-state index is 12.8. The van der Waals surface area contributed by atoms with Gasteiger partial charge in [0.05, 0.1) is 22.9 Å². The van der Waals surface area contributed by atoms with E-state index in [1.165, 1.54) is 39.4 Å². The average Bonchev–Trinajstić information content (AvgIpc) is 3.10. The van der Waals surface area contributed by atoms with Crippen molar-refractivity contribution in [2.75, 3.05) is 0 Å². The summed E-state index contributed by atoms with van der Waals surface area (Å²) in [6, 6.07) is 3.48. The first-order valence-corrected chi connectivity index (χ1v) is 10.0. The minimum absolute atomic E-state index is 0.250. The number of thiophene rings is 1. The molecule has 0 fully saturated rings. The number of benzene rings is 1. The molecule has 4 rings (SSSR count). The van der Waals surface area contributed by atoms with Gasteiger partial charge in [-0.25, -0.2) is 10.4 Å². The van der Waals surface area contributed by atoms with Gasteiger partial charge in [0.25, 0.3) is 17.2 Å². The molecule has 0 atom stereocenters. The average molecular weight is 426 g/mol. The van der Waals surface area contributed by atoms with E-state index in [2.05, 4.69) is 15.5 Å². The van der Waals surface area contributed by atoms with Crippen LogP contribution < -0.4 is 16.1 Å². The van der Waals surface area contributed by atoms with Gasteiger partial charge in [0.15, 0.2) is 0 Å². The molecular formula is C19H16N5O5S-. The van der Waals surface area contributed by atoms with E-state index < -0.39 is 22.3 Å². The second-order valence-corrected chi connectivity index (χ2v) is 7.93. The molecule has 2 aromatic heterocycles. The fourth-order valence-electron chi connectivity index (χ4n) is 3.42. The summed E-state index contributed by atoms with van der Waals surface area (Å²) in [4.78, 5) is 41.3. The van der Waals surface area contributed by atoms with Gasteiger partial charge in [0, 0.05) is 16.5 Å². The minimum Gasteiger partial charge on any atom is -0.868 e. The number of carbonyl (C=O) groups excluding carboxylic acids is 1. The molecule has 30 heavy (non-hydrogen) atoms. The van der Waals surface area contributed by atoms with Crippen molar-refractivity contribution in [1.29, 1.82) is 0 Å². The zero-order chi connectivity index (χ0) is 21.3. The Balaban J connectivity index is 1.48. The Hall–Kier alpha value is -3.60. The van der Waals surface area contributed by atoms with Gasteiger partial charge >= 0.3 is 0 Å². The lowest BCUT2D eigenvalue weighted by Gasteiger charge is -2.10. The number of nitro groups is 1. The number of hydrogen-bond donors (Lipinski definition) is 1. The van der Waals surface area contributed by atoms with Crippen molar-refractivity contribution >= 4 is 39.4 Å². The molecule has 11 heteroatoms. The molecule has 10 nitrogen and oxygen atoms in total. The molecule has 1 aromatic carbocycles. The maximum Gasteiger partial charge on any atom is 0.262 e. The van der Waals surface area contributed by atoms with Crippen molar-refractivity contribution in [2.45, 2.75) is 32.2 Å². The second-order valence-electron chi connectivity index (χ2n) is 6.85. The van der Waals surface area contributed by atoms with Crippen molar-refractivity contribution in [3.8, 4) is 5.75 Å². The van der Waals surface area contributed by atoms with E-state index in [9.17, 15) is 24.8 Å². The monoisotopic (exact) mass is 426 g/mol. The normalized spacial score (nSPS) is 13.5. The van der Waals surface area contributed by atoms with Gasteiger partial charge in [0.1, 0.15) is 11.4 Å². The smallest absolute Gasteiger partial charge is 0.262 e. The Morgan fingerprint density at radius 2 is 2.17 bits per heavy atom. The molecule has 1 aliphatic rings. The minimum atomic E-state index is -0.781. The van der Waals surface area contributed by atoms with Crippen LogP contribution in [0.5, 0.6) is 5.75 Å². The molecule has 0 bridgehead atoms. The molecule has 2 heterocycles. The summed E-state index contributed by atoms with van der Waals surface area (Å²) in [5, 5.41) is 26.5. The van der Waals surface area contributed by atoms with Crippen LogP contribution in [-0.4, -0.2) is 26.6 Å². The number of hydrazone groups is 1. The fourth-order valence-corrected chi connectivity index (χ4v) is 4.64. The lowest BCUT2D eigenvalue weighted by molar-refractivity contribution is -0.398. The molecule has 0 spiro atoms. The van der Waals surface area contributed by atoms with Gasteiger partial charge in [0.2, 0.25) is 0 Å². The molecule has 0 radical (unpaired) electrons. The number of amides is 1. The van der Waals surface area contributed by atoms with E-state index in [-0.39, 0.29) is 17.7 Å².